The lowest BCUT2D eigenvalue weighted by molar-refractivity contribution is -0.149. The maximum atomic E-state index is 11.3. The lowest BCUT2D eigenvalue weighted by atomic mass is 10.0. The van der Waals surface area contributed by atoms with Gasteiger partial charge in [0.1, 0.15) is 6.10 Å². The highest BCUT2D eigenvalue weighted by Crippen LogP contribution is 2.25. The van der Waals surface area contributed by atoms with Crippen molar-refractivity contribution in [3.63, 3.8) is 0 Å². The second-order valence-electron chi connectivity index (χ2n) is 3.76. The molecule has 0 aromatic rings. The minimum Gasteiger partial charge on any atom is -0.462 e. The normalized spacial score (nSPS) is 18.3. The Morgan fingerprint density at radius 2 is 2.23 bits per heavy atom. The van der Waals surface area contributed by atoms with Crippen molar-refractivity contribution in [2.45, 2.75) is 45.1 Å². The maximum Gasteiger partial charge on any atom is 0.308 e. The molecule has 1 aliphatic rings. The number of carbonyl (C=O) groups excluding carboxylic acids is 1. The molecule has 1 rings (SSSR count). The Bertz CT molecular complexity index is 164. The number of ether oxygens (including phenoxy) is 1. The van der Waals surface area contributed by atoms with E-state index in [0.29, 0.717) is 0 Å². The van der Waals surface area contributed by atoms with Crippen LogP contribution >= 0.6 is 0 Å². The number of aliphatic hydroxyl groups excluding tert-OH is 1. The molecule has 0 heterocycles. The summed E-state index contributed by atoms with van der Waals surface area (Å²) in [5, 5.41) is 8.56. The maximum absolute atomic E-state index is 11.3. The monoisotopic (exact) mass is 186 g/mol. The van der Waals surface area contributed by atoms with Gasteiger partial charge in [0, 0.05) is 6.61 Å². The average molecular weight is 186 g/mol. The first-order chi connectivity index (χ1) is 6.24. The summed E-state index contributed by atoms with van der Waals surface area (Å²) in [7, 11) is 0. The minimum absolute atomic E-state index is 0.00727. The summed E-state index contributed by atoms with van der Waals surface area (Å²) in [6.45, 7) is 2.10. The van der Waals surface area contributed by atoms with Gasteiger partial charge in [-0.1, -0.05) is 13.3 Å². The predicted octanol–water partition coefficient (Wildman–Crippen LogP) is 1.49. The molecule has 0 aromatic heterocycles. The van der Waals surface area contributed by atoms with Gasteiger partial charge in [-0.3, -0.25) is 4.79 Å². The molecule has 3 nitrogen and oxygen atoms in total. The smallest absolute Gasteiger partial charge is 0.308 e. The van der Waals surface area contributed by atoms with Gasteiger partial charge in [-0.05, 0) is 25.7 Å². The molecule has 3 heteroatoms. The summed E-state index contributed by atoms with van der Waals surface area (Å²) in [6.07, 6.45) is 4.79. The second-order valence-corrected chi connectivity index (χ2v) is 3.76. The van der Waals surface area contributed by atoms with E-state index in [9.17, 15) is 4.79 Å². The number of esters is 1. The summed E-state index contributed by atoms with van der Waals surface area (Å²) in [6, 6.07) is 0. The van der Waals surface area contributed by atoms with E-state index in [4.69, 9.17) is 9.84 Å². The Kier molecular flexibility index (Phi) is 4.22. The van der Waals surface area contributed by atoms with E-state index in [-0.39, 0.29) is 24.6 Å². The topological polar surface area (TPSA) is 46.5 Å². The molecule has 0 amide bonds. The van der Waals surface area contributed by atoms with Gasteiger partial charge in [-0.15, -0.1) is 0 Å². The van der Waals surface area contributed by atoms with E-state index in [1.54, 1.807) is 0 Å². The van der Waals surface area contributed by atoms with Gasteiger partial charge in [0.05, 0.1) is 5.92 Å². The molecular formula is C10H18O3. The lowest BCUT2D eigenvalue weighted by Gasteiger charge is -2.09. The molecule has 0 aromatic carbocycles. The minimum atomic E-state index is -0.0690. The van der Waals surface area contributed by atoms with Crippen LogP contribution in [0.1, 0.15) is 39.0 Å². The number of unbranched alkanes of at least 4 members (excludes halogenated alkanes) is 1. The van der Waals surface area contributed by atoms with Crippen molar-refractivity contribution in [1.82, 2.24) is 0 Å². The first-order valence-electron chi connectivity index (χ1n) is 5.05. The average Bonchev–Trinajstić information content (AvgIpc) is 2.88. The predicted molar refractivity (Wildman–Crippen MR) is 49.2 cm³/mol. The van der Waals surface area contributed by atoms with E-state index in [1.165, 1.54) is 0 Å². The molecule has 0 radical (unpaired) electrons. The van der Waals surface area contributed by atoms with E-state index >= 15 is 0 Å². The van der Waals surface area contributed by atoms with Crippen LogP contribution in [0.15, 0.2) is 0 Å². The first-order valence-corrected chi connectivity index (χ1v) is 5.05. The Balaban J connectivity index is 2.05. The van der Waals surface area contributed by atoms with E-state index in [1.807, 2.05) is 6.92 Å². The molecule has 1 atom stereocenters. The molecular weight excluding hydrogens is 168 g/mol. The third kappa shape index (κ3) is 4.27. The van der Waals surface area contributed by atoms with Crippen LogP contribution in [-0.2, 0) is 9.53 Å². The Labute approximate surface area is 79.1 Å². The van der Waals surface area contributed by atoms with Gasteiger partial charge in [-0.25, -0.2) is 0 Å². The molecule has 1 fully saturated rings. The van der Waals surface area contributed by atoms with E-state index < -0.39 is 0 Å². The van der Waals surface area contributed by atoms with Crippen LogP contribution in [0.4, 0.5) is 0 Å². The molecule has 0 bridgehead atoms. The Morgan fingerprint density at radius 1 is 1.54 bits per heavy atom. The summed E-state index contributed by atoms with van der Waals surface area (Å²) < 4.78 is 5.15. The van der Waals surface area contributed by atoms with Crippen molar-refractivity contribution in [3.8, 4) is 0 Å². The van der Waals surface area contributed by atoms with Gasteiger partial charge in [0.15, 0.2) is 0 Å². The van der Waals surface area contributed by atoms with Crippen LogP contribution in [0.3, 0.4) is 0 Å². The summed E-state index contributed by atoms with van der Waals surface area (Å²) in [5.74, 6) is -0.0763. The Morgan fingerprint density at radius 3 is 2.77 bits per heavy atom. The van der Waals surface area contributed by atoms with Crippen LogP contribution in [-0.4, -0.2) is 23.8 Å². The molecule has 1 aliphatic carbocycles. The standard InChI is InChI=1S/C10H18O3/c1-8(4-2-3-7-11)10(12)13-9-5-6-9/h8-9,11H,2-7H2,1H3. The van der Waals surface area contributed by atoms with Crippen LogP contribution < -0.4 is 0 Å². The highest BCUT2D eigenvalue weighted by Gasteiger charge is 2.27. The molecule has 1 saturated carbocycles. The van der Waals surface area contributed by atoms with E-state index in [0.717, 1.165) is 32.1 Å². The molecule has 13 heavy (non-hydrogen) atoms. The van der Waals surface area contributed by atoms with Crippen molar-refractivity contribution in [2.24, 2.45) is 5.92 Å². The summed E-state index contributed by atoms with van der Waals surface area (Å²) in [4.78, 5) is 11.3. The highest BCUT2D eigenvalue weighted by molar-refractivity contribution is 5.72. The zero-order chi connectivity index (χ0) is 9.68. The van der Waals surface area contributed by atoms with Crippen LogP contribution in [0.2, 0.25) is 0 Å². The number of carbonyl (C=O) groups is 1. The molecule has 0 spiro atoms. The van der Waals surface area contributed by atoms with Gasteiger partial charge < -0.3 is 9.84 Å². The fourth-order valence-electron chi connectivity index (χ4n) is 1.15. The van der Waals surface area contributed by atoms with Gasteiger partial charge in [-0.2, -0.15) is 0 Å². The number of rotatable bonds is 6. The van der Waals surface area contributed by atoms with Gasteiger partial charge in [0.25, 0.3) is 0 Å². The summed E-state index contributed by atoms with van der Waals surface area (Å²) >= 11 is 0. The first kappa shape index (κ1) is 10.5. The molecule has 76 valence electrons. The largest absolute Gasteiger partial charge is 0.462 e. The van der Waals surface area contributed by atoms with Crippen molar-refractivity contribution in [1.29, 1.82) is 0 Å². The fraction of sp³-hybridized carbons (Fsp3) is 0.900. The fourth-order valence-corrected chi connectivity index (χ4v) is 1.15. The van der Waals surface area contributed by atoms with Crippen molar-refractivity contribution < 1.29 is 14.6 Å². The Hall–Kier alpha value is -0.570. The van der Waals surface area contributed by atoms with Gasteiger partial charge in [0.2, 0.25) is 0 Å². The zero-order valence-corrected chi connectivity index (χ0v) is 8.16. The van der Waals surface area contributed by atoms with Crippen LogP contribution in [0.5, 0.6) is 0 Å². The number of hydrogen-bond donors (Lipinski definition) is 1. The van der Waals surface area contributed by atoms with Crippen LogP contribution in [0, 0.1) is 5.92 Å². The van der Waals surface area contributed by atoms with Crippen molar-refractivity contribution >= 4 is 5.97 Å². The summed E-state index contributed by atoms with van der Waals surface area (Å²) in [5.41, 5.74) is 0. The highest BCUT2D eigenvalue weighted by atomic mass is 16.5. The SMILES string of the molecule is CC(CCCCO)C(=O)OC1CC1. The van der Waals surface area contributed by atoms with Gasteiger partial charge >= 0.3 is 5.97 Å². The number of hydrogen-bond acceptors (Lipinski definition) is 3. The third-order valence-electron chi connectivity index (χ3n) is 2.25. The quantitative estimate of drug-likeness (QED) is 0.505. The lowest BCUT2D eigenvalue weighted by Crippen LogP contribution is -2.15. The van der Waals surface area contributed by atoms with E-state index in [2.05, 4.69) is 0 Å². The number of aliphatic hydroxyl groups is 1. The van der Waals surface area contributed by atoms with Crippen LogP contribution in [0.25, 0.3) is 0 Å². The van der Waals surface area contributed by atoms with Crippen molar-refractivity contribution in [3.05, 3.63) is 0 Å². The second kappa shape index (κ2) is 5.22. The molecule has 1 unspecified atom stereocenters. The third-order valence-corrected chi connectivity index (χ3v) is 2.25. The molecule has 0 saturated heterocycles. The molecule has 0 aliphatic heterocycles. The molecule has 1 N–H and O–H groups in total. The zero-order valence-electron chi connectivity index (χ0n) is 8.16. The van der Waals surface area contributed by atoms with Crippen molar-refractivity contribution in [2.75, 3.05) is 6.61 Å².